The van der Waals surface area contributed by atoms with Crippen molar-refractivity contribution in [3.63, 3.8) is 0 Å². The highest BCUT2D eigenvalue weighted by atomic mass is 16.5. The molecule has 2 aromatic heterocycles. The van der Waals surface area contributed by atoms with E-state index >= 15 is 0 Å². The lowest BCUT2D eigenvalue weighted by atomic mass is 10.3. The summed E-state index contributed by atoms with van der Waals surface area (Å²) in [5.41, 5.74) is 7.46. The smallest absolute Gasteiger partial charge is 0.155 e. The lowest BCUT2D eigenvalue weighted by Gasteiger charge is -2.06. The number of nitrogens with zero attached hydrogens (tertiary/aromatic N) is 2. The van der Waals surface area contributed by atoms with E-state index in [2.05, 4.69) is 15.5 Å². The molecule has 0 aliphatic carbocycles. The van der Waals surface area contributed by atoms with Crippen molar-refractivity contribution in [3.8, 4) is 0 Å². The van der Waals surface area contributed by atoms with Crippen LogP contribution in [0.25, 0.3) is 0 Å². The Morgan fingerprint density at radius 1 is 1.53 bits per heavy atom. The van der Waals surface area contributed by atoms with Gasteiger partial charge in [0.05, 0.1) is 18.4 Å². The molecule has 0 atom stereocenters. The third kappa shape index (κ3) is 2.25. The van der Waals surface area contributed by atoms with Gasteiger partial charge in [0.1, 0.15) is 5.82 Å². The summed E-state index contributed by atoms with van der Waals surface area (Å²) in [5, 5.41) is 6.68. The van der Waals surface area contributed by atoms with E-state index < -0.39 is 0 Å². The second-order valence-corrected chi connectivity index (χ2v) is 3.28. The molecule has 0 saturated heterocycles. The molecule has 0 unspecified atom stereocenters. The summed E-state index contributed by atoms with van der Waals surface area (Å²) in [6.45, 7) is 2.48. The van der Waals surface area contributed by atoms with Crippen molar-refractivity contribution in [1.82, 2.24) is 10.1 Å². The first-order chi connectivity index (χ1) is 7.25. The molecule has 0 bridgehead atoms. The van der Waals surface area contributed by atoms with E-state index in [4.69, 9.17) is 10.3 Å². The molecule has 78 valence electrons. The van der Waals surface area contributed by atoms with Gasteiger partial charge in [-0.3, -0.25) is 0 Å². The van der Waals surface area contributed by atoms with E-state index in [1.165, 1.54) is 0 Å². The van der Waals surface area contributed by atoms with Crippen molar-refractivity contribution in [2.45, 2.75) is 13.5 Å². The summed E-state index contributed by atoms with van der Waals surface area (Å²) in [7, 11) is 0. The quantitative estimate of drug-likeness (QED) is 0.793. The van der Waals surface area contributed by atoms with E-state index in [0.29, 0.717) is 18.1 Å². The second-order valence-electron chi connectivity index (χ2n) is 3.28. The number of nitrogens with one attached hydrogen (secondary N) is 1. The number of nitrogen functional groups attached to an aromatic ring is 1. The number of pyridine rings is 1. The maximum absolute atomic E-state index is 5.79. The Bertz CT molecular complexity index is 439. The molecule has 5 nitrogen and oxygen atoms in total. The van der Waals surface area contributed by atoms with Gasteiger partial charge >= 0.3 is 0 Å². The predicted octanol–water partition coefficient (Wildman–Crippen LogP) is 1.57. The Hall–Kier alpha value is -2.04. The summed E-state index contributed by atoms with van der Waals surface area (Å²) in [6, 6.07) is 3.66. The largest absolute Gasteiger partial charge is 0.396 e. The number of hydrogen-bond donors (Lipinski definition) is 2. The normalized spacial score (nSPS) is 10.2. The maximum atomic E-state index is 5.79. The number of anilines is 2. The van der Waals surface area contributed by atoms with Crippen LogP contribution in [0.5, 0.6) is 0 Å². The topological polar surface area (TPSA) is 77.0 Å². The molecule has 0 saturated carbocycles. The number of hydrogen-bond acceptors (Lipinski definition) is 5. The average molecular weight is 204 g/mol. The number of aromatic nitrogens is 2. The Morgan fingerprint density at radius 2 is 2.40 bits per heavy atom. The van der Waals surface area contributed by atoms with E-state index in [1.807, 2.05) is 13.0 Å². The Labute approximate surface area is 87.3 Å². The first kappa shape index (κ1) is 9.51. The van der Waals surface area contributed by atoms with Gasteiger partial charge in [-0.25, -0.2) is 4.98 Å². The zero-order valence-electron chi connectivity index (χ0n) is 8.40. The van der Waals surface area contributed by atoms with Crippen LogP contribution in [0.4, 0.5) is 11.5 Å². The van der Waals surface area contributed by atoms with Crippen LogP contribution in [0.2, 0.25) is 0 Å². The molecular formula is C10H12N4O. The molecule has 0 spiro atoms. The Balaban J connectivity index is 2.05. The fraction of sp³-hybridized carbons (Fsp3) is 0.200. The highest BCUT2D eigenvalue weighted by Gasteiger charge is 2.02. The lowest BCUT2D eigenvalue weighted by Crippen LogP contribution is -2.04. The van der Waals surface area contributed by atoms with Gasteiger partial charge in [0.15, 0.2) is 5.76 Å². The van der Waals surface area contributed by atoms with E-state index in [-0.39, 0.29) is 0 Å². The molecule has 15 heavy (non-hydrogen) atoms. The van der Waals surface area contributed by atoms with Crippen LogP contribution in [0.15, 0.2) is 29.0 Å². The summed E-state index contributed by atoms with van der Waals surface area (Å²) >= 11 is 0. The zero-order valence-corrected chi connectivity index (χ0v) is 8.40. The standard InChI is InChI=1S/C10H12N4O/c1-7-4-9(11)10(12-5-7)13-6-8-2-3-14-15-8/h2-5H,6,11H2,1H3,(H,12,13). The fourth-order valence-corrected chi connectivity index (χ4v) is 1.24. The minimum atomic E-state index is 0.528. The highest BCUT2D eigenvalue weighted by molar-refractivity contribution is 5.61. The van der Waals surface area contributed by atoms with Gasteiger partial charge < -0.3 is 15.6 Å². The Morgan fingerprint density at radius 3 is 3.07 bits per heavy atom. The maximum Gasteiger partial charge on any atom is 0.155 e. The number of aryl methyl sites for hydroxylation is 1. The molecule has 5 heteroatoms. The van der Waals surface area contributed by atoms with Crippen LogP contribution in [-0.2, 0) is 6.54 Å². The van der Waals surface area contributed by atoms with Gasteiger partial charge in [-0.1, -0.05) is 5.16 Å². The highest BCUT2D eigenvalue weighted by Crippen LogP contribution is 2.16. The first-order valence-electron chi connectivity index (χ1n) is 4.61. The number of nitrogens with two attached hydrogens (primary N) is 1. The van der Waals surface area contributed by atoms with Crippen molar-refractivity contribution in [1.29, 1.82) is 0 Å². The van der Waals surface area contributed by atoms with Crippen molar-refractivity contribution in [3.05, 3.63) is 35.9 Å². The van der Waals surface area contributed by atoms with Crippen LogP contribution < -0.4 is 11.1 Å². The minimum absolute atomic E-state index is 0.528. The predicted molar refractivity (Wildman–Crippen MR) is 57.2 cm³/mol. The SMILES string of the molecule is Cc1cnc(NCc2ccno2)c(N)c1. The zero-order chi connectivity index (χ0) is 10.7. The van der Waals surface area contributed by atoms with Gasteiger partial charge in [0, 0.05) is 12.3 Å². The third-order valence-electron chi connectivity index (χ3n) is 1.98. The fourth-order valence-electron chi connectivity index (χ4n) is 1.24. The average Bonchev–Trinajstić information content (AvgIpc) is 2.69. The van der Waals surface area contributed by atoms with E-state index in [0.717, 1.165) is 11.3 Å². The van der Waals surface area contributed by atoms with E-state index in [9.17, 15) is 0 Å². The van der Waals surface area contributed by atoms with Gasteiger partial charge in [-0.15, -0.1) is 0 Å². The molecule has 2 rings (SSSR count). The minimum Gasteiger partial charge on any atom is -0.396 e. The molecule has 0 amide bonds. The summed E-state index contributed by atoms with van der Waals surface area (Å²) in [4.78, 5) is 4.18. The van der Waals surface area contributed by atoms with Crippen molar-refractivity contribution in [2.75, 3.05) is 11.1 Å². The van der Waals surface area contributed by atoms with Crippen LogP contribution in [0, 0.1) is 6.92 Å². The molecule has 2 heterocycles. The van der Waals surface area contributed by atoms with Gasteiger partial charge in [-0.05, 0) is 18.6 Å². The molecule has 0 aliphatic heterocycles. The van der Waals surface area contributed by atoms with Crippen LogP contribution in [0.1, 0.15) is 11.3 Å². The van der Waals surface area contributed by atoms with Crippen molar-refractivity contribution in [2.24, 2.45) is 0 Å². The van der Waals surface area contributed by atoms with Crippen LogP contribution in [0.3, 0.4) is 0 Å². The molecule has 0 radical (unpaired) electrons. The molecule has 2 aromatic rings. The molecule has 0 fully saturated rings. The van der Waals surface area contributed by atoms with Gasteiger partial charge in [0.25, 0.3) is 0 Å². The third-order valence-corrected chi connectivity index (χ3v) is 1.98. The van der Waals surface area contributed by atoms with Crippen molar-refractivity contribution >= 4 is 11.5 Å². The molecular weight excluding hydrogens is 192 g/mol. The number of rotatable bonds is 3. The van der Waals surface area contributed by atoms with Crippen molar-refractivity contribution < 1.29 is 4.52 Å². The summed E-state index contributed by atoms with van der Waals surface area (Å²) in [6.07, 6.45) is 3.36. The molecule has 0 aliphatic rings. The van der Waals surface area contributed by atoms with Crippen LogP contribution >= 0.6 is 0 Å². The summed E-state index contributed by atoms with van der Waals surface area (Å²) < 4.78 is 4.94. The first-order valence-corrected chi connectivity index (χ1v) is 4.61. The lowest BCUT2D eigenvalue weighted by molar-refractivity contribution is 0.388. The summed E-state index contributed by atoms with van der Waals surface area (Å²) in [5.74, 6) is 1.41. The Kier molecular flexibility index (Phi) is 2.53. The second kappa shape index (κ2) is 4.00. The van der Waals surface area contributed by atoms with Gasteiger partial charge in [0.2, 0.25) is 0 Å². The van der Waals surface area contributed by atoms with Gasteiger partial charge in [-0.2, -0.15) is 0 Å². The molecule has 3 N–H and O–H groups in total. The monoisotopic (exact) mass is 204 g/mol. The van der Waals surface area contributed by atoms with Crippen LogP contribution in [-0.4, -0.2) is 10.1 Å². The van der Waals surface area contributed by atoms with E-state index in [1.54, 1.807) is 18.5 Å². The molecule has 0 aromatic carbocycles.